The number of amides is 1. The number of ether oxygens (including phenoxy) is 2. The van der Waals surface area contributed by atoms with Crippen molar-refractivity contribution in [2.24, 2.45) is 0 Å². The molecule has 1 amide bonds. The van der Waals surface area contributed by atoms with Gasteiger partial charge in [-0.3, -0.25) is 4.79 Å². The summed E-state index contributed by atoms with van der Waals surface area (Å²) in [7, 11) is 1.61. The molecule has 0 aliphatic rings. The Labute approximate surface area is 118 Å². The Hall–Kier alpha value is -1.33. The van der Waals surface area contributed by atoms with Crippen LogP contribution in [0.4, 0.5) is 5.69 Å². The smallest absolute Gasteiger partial charge is 0.224 e. The highest BCUT2D eigenvalue weighted by Gasteiger charge is 2.03. The van der Waals surface area contributed by atoms with E-state index >= 15 is 0 Å². The van der Waals surface area contributed by atoms with Gasteiger partial charge in [0.2, 0.25) is 11.8 Å². The van der Waals surface area contributed by atoms with Crippen LogP contribution in [0.2, 0.25) is 0 Å². The number of pyridine rings is 1. The molecule has 1 N–H and O–H groups in total. The maximum absolute atomic E-state index is 11.6. The number of rotatable bonds is 9. The van der Waals surface area contributed by atoms with Gasteiger partial charge in [0.1, 0.15) is 6.61 Å². The highest BCUT2D eigenvalue weighted by molar-refractivity contribution is 6.17. The molecule has 19 heavy (non-hydrogen) atoms. The van der Waals surface area contributed by atoms with Gasteiger partial charge in [-0.05, 0) is 18.9 Å². The van der Waals surface area contributed by atoms with Crippen molar-refractivity contribution < 1.29 is 14.3 Å². The summed E-state index contributed by atoms with van der Waals surface area (Å²) in [6.45, 7) is 0.967. The molecule has 0 unspecified atom stereocenters. The Morgan fingerprint density at radius 2 is 2.21 bits per heavy atom. The molecule has 1 heterocycles. The lowest BCUT2D eigenvalue weighted by atomic mass is 10.2. The van der Waals surface area contributed by atoms with E-state index in [1.807, 2.05) is 0 Å². The molecule has 0 fully saturated rings. The molecule has 0 radical (unpaired) electrons. The number of hydrogen-bond donors (Lipinski definition) is 1. The zero-order valence-electron chi connectivity index (χ0n) is 11.0. The van der Waals surface area contributed by atoms with Crippen molar-refractivity contribution in [3.63, 3.8) is 0 Å². The first-order chi connectivity index (χ1) is 9.26. The summed E-state index contributed by atoms with van der Waals surface area (Å²) in [4.78, 5) is 15.6. The van der Waals surface area contributed by atoms with Crippen molar-refractivity contribution in [2.45, 2.75) is 19.3 Å². The van der Waals surface area contributed by atoms with Crippen LogP contribution in [0.5, 0.6) is 5.88 Å². The molecule has 106 valence electrons. The summed E-state index contributed by atoms with van der Waals surface area (Å²) < 4.78 is 10.2. The van der Waals surface area contributed by atoms with E-state index in [4.69, 9.17) is 21.1 Å². The highest BCUT2D eigenvalue weighted by Crippen LogP contribution is 2.12. The van der Waals surface area contributed by atoms with E-state index in [1.54, 1.807) is 25.4 Å². The van der Waals surface area contributed by atoms with Crippen LogP contribution < -0.4 is 10.1 Å². The van der Waals surface area contributed by atoms with Crippen LogP contribution in [0.3, 0.4) is 0 Å². The number of nitrogens with zero attached hydrogens (tertiary/aromatic N) is 1. The lowest BCUT2D eigenvalue weighted by molar-refractivity contribution is -0.116. The van der Waals surface area contributed by atoms with Crippen molar-refractivity contribution in [3.8, 4) is 5.88 Å². The monoisotopic (exact) mass is 286 g/mol. The van der Waals surface area contributed by atoms with Gasteiger partial charge in [-0.25, -0.2) is 4.98 Å². The molecular formula is C13H19ClN2O3. The molecule has 1 rings (SSSR count). The molecule has 0 saturated heterocycles. The van der Waals surface area contributed by atoms with Gasteiger partial charge in [0.05, 0.1) is 18.5 Å². The third kappa shape index (κ3) is 6.98. The van der Waals surface area contributed by atoms with E-state index in [9.17, 15) is 4.79 Å². The second-order valence-corrected chi connectivity index (χ2v) is 4.30. The van der Waals surface area contributed by atoms with Crippen LogP contribution in [-0.2, 0) is 9.53 Å². The lowest BCUT2D eigenvalue weighted by Gasteiger charge is -2.07. The Morgan fingerprint density at radius 3 is 2.84 bits per heavy atom. The first-order valence-corrected chi connectivity index (χ1v) is 6.73. The molecular weight excluding hydrogens is 268 g/mol. The minimum absolute atomic E-state index is 0.0278. The molecule has 0 bridgehead atoms. The van der Waals surface area contributed by atoms with Crippen molar-refractivity contribution in [2.75, 3.05) is 31.5 Å². The second-order valence-electron chi connectivity index (χ2n) is 3.92. The molecule has 0 spiro atoms. The molecule has 1 aromatic heterocycles. The molecule has 0 aromatic carbocycles. The van der Waals surface area contributed by atoms with Crippen LogP contribution >= 0.6 is 11.6 Å². The van der Waals surface area contributed by atoms with Crippen LogP contribution in [0.1, 0.15) is 19.3 Å². The molecule has 6 heteroatoms. The molecule has 1 aromatic rings. The number of halogens is 1. The lowest BCUT2D eigenvalue weighted by Crippen LogP contribution is -2.11. The Balaban J connectivity index is 2.32. The molecule has 0 saturated carbocycles. The van der Waals surface area contributed by atoms with Gasteiger partial charge in [-0.15, -0.1) is 11.6 Å². The van der Waals surface area contributed by atoms with Crippen LogP contribution in [0, 0.1) is 0 Å². The van der Waals surface area contributed by atoms with E-state index in [2.05, 4.69) is 10.3 Å². The minimum Gasteiger partial charge on any atom is -0.475 e. The quantitative estimate of drug-likeness (QED) is 0.559. The fraction of sp³-hybridized carbons (Fsp3) is 0.538. The van der Waals surface area contributed by atoms with Gasteiger partial charge in [0.25, 0.3) is 0 Å². The Morgan fingerprint density at radius 1 is 1.37 bits per heavy atom. The number of aromatic nitrogens is 1. The molecule has 0 aliphatic carbocycles. The van der Waals surface area contributed by atoms with E-state index in [-0.39, 0.29) is 5.91 Å². The SMILES string of the molecule is COCCOc1ccc(NC(=O)CCCCCl)cn1. The predicted octanol–water partition coefficient (Wildman–Crippen LogP) is 2.45. The van der Waals surface area contributed by atoms with Gasteiger partial charge in [0, 0.05) is 25.5 Å². The number of alkyl halides is 1. The van der Waals surface area contributed by atoms with Crippen LogP contribution in [0.25, 0.3) is 0 Å². The number of hydrogen-bond acceptors (Lipinski definition) is 4. The Kier molecular flexibility index (Phi) is 7.93. The number of unbranched alkanes of at least 4 members (excludes halogenated alkanes) is 1. The van der Waals surface area contributed by atoms with Gasteiger partial charge >= 0.3 is 0 Å². The summed E-state index contributed by atoms with van der Waals surface area (Å²) in [6, 6.07) is 3.47. The largest absolute Gasteiger partial charge is 0.475 e. The zero-order valence-corrected chi connectivity index (χ0v) is 11.8. The van der Waals surface area contributed by atoms with Gasteiger partial charge in [-0.1, -0.05) is 0 Å². The first-order valence-electron chi connectivity index (χ1n) is 6.20. The standard InChI is InChI=1S/C13H19ClN2O3/c1-18-8-9-19-13-6-5-11(10-15-13)16-12(17)4-2-3-7-14/h5-6,10H,2-4,7-9H2,1H3,(H,16,17). The van der Waals surface area contributed by atoms with Gasteiger partial charge in [-0.2, -0.15) is 0 Å². The number of nitrogens with one attached hydrogen (secondary N) is 1. The number of carbonyl (C=O) groups excluding carboxylic acids is 1. The summed E-state index contributed by atoms with van der Waals surface area (Å²) in [5.41, 5.74) is 0.662. The number of methoxy groups -OCH3 is 1. The molecule has 0 aliphatic heterocycles. The van der Waals surface area contributed by atoms with Gasteiger partial charge < -0.3 is 14.8 Å². The zero-order chi connectivity index (χ0) is 13.9. The van der Waals surface area contributed by atoms with E-state index < -0.39 is 0 Å². The summed E-state index contributed by atoms with van der Waals surface area (Å²) in [5.74, 6) is 1.07. The van der Waals surface area contributed by atoms with Crippen molar-refractivity contribution in [3.05, 3.63) is 18.3 Å². The topological polar surface area (TPSA) is 60.5 Å². The maximum Gasteiger partial charge on any atom is 0.224 e. The third-order valence-electron chi connectivity index (χ3n) is 2.34. The van der Waals surface area contributed by atoms with E-state index in [1.165, 1.54) is 0 Å². The maximum atomic E-state index is 11.6. The average molecular weight is 287 g/mol. The normalized spacial score (nSPS) is 10.2. The van der Waals surface area contributed by atoms with Crippen molar-refractivity contribution >= 4 is 23.2 Å². The van der Waals surface area contributed by atoms with Gasteiger partial charge in [0.15, 0.2) is 0 Å². The minimum atomic E-state index is -0.0278. The predicted molar refractivity (Wildman–Crippen MR) is 74.8 cm³/mol. The number of carbonyl (C=O) groups is 1. The fourth-order valence-electron chi connectivity index (χ4n) is 1.37. The highest BCUT2D eigenvalue weighted by atomic mass is 35.5. The second kappa shape index (κ2) is 9.58. The average Bonchev–Trinajstić information content (AvgIpc) is 2.41. The van der Waals surface area contributed by atoms with E-state index in [0.717, 1.165) is 12.8 Å². The Bertz CT molecular complexity index is 371. The van der Waals surface area contributed by atoms with Crippen LogP contribution in [0.15, 0.2) is 18.3 Å². The third-order valence-corrected chi connectivity index (χ3v) is 2.61. The summed E-state index contributed by atoms with van der Waals surface area (Å²) >= 11 is 5.55. The fourth-order valence-corrected chi connectivity index (χ4v) is 1.56. The van der Waals surface area contributed by atoms with Crippen molar-refractivity contribution in [1.29, 1.82) is 0 Å². The van der Waals surface area contributed by atoms with E-state index in [0.29, 0.717) is 37.1 Å². The van der Waals surface area contributed by atoms with Crippen LogP contribution in [-0.4, -0.2) is 37.1 Å². The number of anilines is 1. The molecule has 5 nitrogen and oxygen atoms in total. The molecule has 0 atom stereocenters. The van der Waals surface area contributed by atoms with Crippen molar-refractivity contribution in [1.82, 2.24) is 4.98 Å². The summed E-state index contributed by atoms with van der Waals surface area (Å²) in [6.07, 6.45) is 3.68. The first kappa shape index (κ1) is 15.7. The summed E-state index contributed by atoms with van der Waals surface area (Å²) in [5, 5.41) is 2.77.